The quantitative estimate of drug-likeness (QED) is 0.581. The summed E-state index contributed by atoms with van der Waals surface area (Å²) < 4.78 is 6.20. The van der Waals surface area contributed by atoms with E-state index in [9.17, 15) is 0 Å². The van der Waals surface area contributed by atoms with Crippen LogP contribution in [0.1, 0.15) is 55.3 Å². The molecule has 0 spiro atoms. The third kappa shape index (κ3) is 5.95. The van der Waals surface area contributed by atoms with Gasteiger partial charge in [0.2, 0.25) is 0 Å². The highest BCUT2D eigenvalue weighted by Crippen LogP contribution is 2.26. The van der Waals surface area contributed by atoms with E-state index in [2.05, 4.69) is 29.0 Å². The Balaban J connectivity index is 1.42. The number of thiazole rings is 1. The second-order valence-corrected chi connectivity index (χ2v) is 8.84. The zero-order valence-electron chi connectivity index (χ0n) is 16.4. The third-order valence-electron chi connectivity index (χ3n) is 5.38. The largest absolute Gasteiger partial charge is 0.378 e. The molecule has 3 rings (SSSR count). The van der Waals surface area contributed by atoms with Crippen LogP contribution in [0.3, 0.4) is 0 Å². The van der Waals surface area contributed by atoms with Crippen molar-refractivity contribution in [2.45, 2.75) is 64.9 Å². The minimum atomic E-state index is 0.438. The van der Waals surface area contributed by atoms with Gasteiger partial charge in [-0.1, -0.05) is 12.8 Å². The van der Waals surface area contributed by atoms with Crippen molar-refractivity contribution in [2.24, 2.45) is 10.9 Å². The molecule has 0 unspecified atom stereocenters. The minimum absolute atomic E-state index is 0.438. The van der Waals surface area contributed by atoms with Gasteiger partial charge in [-0.05, 0) is 45.4 Å². The fraction of sp³-hybridized carbons (Fsp3) is 0.800. The summed E-state index contributed by atoms with van der Waals surface area (Å²) >= 11 is 1.77. The van der Waals surface area contributed by atoms with Crippen LogP contribution in [-0.2, 0) is 11.2 Å². The summed E-state index contributed by atoms with van der Waals surface area (Å²) in [5.41, 5.74) is 0. The number of piperidine rings is 1. The molecule has 1 N–H and O–H groups in total. The zero-order chi connectivity index (χ0) is 18.2. The molecule has 1 aromatic heterocycles. The van der Waals surface area contributed by atoms with E-state index in [-0.39, 0.29) is 0 Å². The Kier molecular flexibility index (Phi) is 7.74. The highest BCUT2D eigenvalue weighted by molar-refractivity contribution is 7.11. The van der Waals surface area contributed by atoms with Crippen molar-refractivity contribution in [2.75, 3.05) is 32.8 Å². The lowest BCUT2D eigenvalue weighted by atomic mass is 10.1. The number of nitrogens with one attached hydrogen (secondary N) is 1. The molecule has 6 heteroatoms. The number of nitrogens with zero attached hydrogens (tertiary/aromatic N) is 3. The van der Waals surface area contributed by atoms with Crippen molar-refractivity contribution in [1.82, 2.24) is 15.2 Å². The Morgan fingerprint density at radius 1 is 1.31 bits per heavy atom. The number of guanidine groups is 1. The first-order valence-electron chi connectivity index (χ1n) is 10.3. The second kappa shape index (κ2) is 10.3. The number of hydrogen-bond acceptors (Lipinski definition) is 4. The molecule has 2 aliphatic rings. The van der Waals surface area contributed by atoms with Crippen LogP contribution in [0.4, 0.5) is 0 Å². The summed E-state index contributed by atoms with van der Waals surface area (Å²) in [6.07, 6.45) is 11.1. The van der Waals surface area contributed by atoms with Crippen molar-refractivity contribution < 1.29 is 4.74 Å². The fourth-order valence-corrected chi connectivity index (χ4v) is 4.66. The van der Waals surface area contributed by atoms with Crippen molar-refractivity contribution in [3.05, 3.63) is 16.1 Å². The van der Waals surface area contributed by atoms with Gasteiger partial charge in [0.1, 0.15) is 0 Å². The smallest absolute Gasteiger partial charge is 0.193 e. The maximum atomic E-state index is 6.20. The Labute approximate surface area is 162 Å². The van der Waals surface area contributed by atoms with Crippen LogP contribution in [0.2, 0.25) is 0 Å². The minimum Gasteiger partial charge on any atom is -0.378 e. The SMILES string of the molecule is CCNC(=NCCc1ncc(C)s1)N1CCC(OCC2CCCC2)CC1. The molecule has 1 aliphatic heterocycles. The van der Waals surface area contributed by atoms with E-state index in [0.29, 0.717) is 6.10 Å². The summed E-state index contributed by atoms with van der Waals surface area (Å²) in [6, 6.07) is 0. The van der Waals surface area contributed by atoms with Gasteiger partial charge in [-0.2, -0.15) is 0 Å². The zero-order valence-corrected chi connectivity index (χ0v) is 17.2. The van der Waals surface area contributed by atoms with Crippen LogP contribution < -0.4 is 5.32 Å². The van der Waals surface area contributed by atoms with Gasteiger partial charge >= 0.3 is 0 Å². The fourth-order valence-electron chi connectivity index (χ4n) is 3.88. The molecule has 2 fully saturated rings. The molecular formula is C20H34N4OS. The first-order chi connectivity index (χ1) is 12.7. The second-order valence-electron chi connectivity index (χ2n) is 7.52. The standard InChI is InChI=1S/C20H34N4OS/c1-3-21-20(22-11-8-19-23-14-16(2)26-19)24-12-9-18(10-13-24)25-15-17-6-4-5-7-17/h14,17-18H,3-13,15H2,1-2H3,(H,21,22). The molecule has 0 aromatic carbocycles. The normalized spacial score (nSPS) is 20.1. The van der Waals surface area contributed by atoms with Gasteiger partial charge in [0, 0.05) is 50.3 Å². The van der Waals surface area contributed by atoms with Gasteiger partial charge in [0.15, 0.2) is 5.96 Å². The monoisotopic (exact) mass is 378 g/mol. The Bertz CT molecular complexity index is 560. The molecule has 146 valence electrons. The number of hydrogen-bond donors (Lipinski definition) is 1. The number of likely N-dealkylation sites (tertiary alicyclic amines) is 1. The highest BCUT2D eigenvalue weighted by atomic mass is 32.1. The topological polar surface area (TPSA) is 49.8 Å². The summed E-state index contributed by atoms with van der Waals surface area (Å²) in [4.78, 5) is 12.9. The first kappa shape index (κ1) is 19.6. The average molecular weight is 379 g/mol. The van der Waals surface area contributed by atoms with Crippen LogP contribution >= 0.6 is 11.3 Å². The van der Waals surface area contributed by atoms with E-state index >= 15 is 0 Å². The molecule has 1 saturated carbocycles. The summed E-state index contributed by atoms with van der Waals surface area (Å²) in [7, 11) is 0. The van der Waals surface area contributed by atoms with Crippen LogP contribution in [0.15, 0.2) is 11.2 Å². The van der Waals surface area contributed by atoms with E-state index in [1.165, 1.54) is 35.6 Å². The average Bonchev–Trinajstić information content (AvgIpc) is 3.31. The molecule has 0 atom stereocenters. The molecule has 26 heavy (non-hydrogen) atoms. The van der Waals surface area contributed by atoms with E-state index in [0.717, 1.165) is 63.9 Å². The van der Waals surface area contributed by atoms with Gasteiger partial charge < -0.3 is 15.0 Å². The van der Waals surface area contributed by atoms with Crippen LogP contribution in [0.5, 0.6) is 0 Å². The molecule has 1 saturated heterocycles. The number of rotatable bonds is 7. The van der Waals surface area contributed by atoms with Crippen LogP contribution in [-0.4, -0.2) is 54.7 Å². The predicted molar refractivity (Wildman–Crippen MR) is 109 cm³/mol. The number of aliphatic imine (C=N–C) groups is 1. The lowest BCUT2D eigenvalue weighted by Crippen LogP contribution is -2.47. The van der Waals surface area contributed by atoms with Crippen molar-refractivity contribution >= 4 is 17.3 Å². The molecule has 1 aliphatic carbocycles. The van der Waals surface area contributed by atoms with Crippen molar-refractivity contribution in [3.63, 3.8) is 0 Å². The Morgan fingerprint density at radius 2 is 2.08 bits per heavy atom. The highest BCUT2D eigenvalue weighted by Gasteiger charge is 2.23. The molecule has 0 bridgehead atoms. The molecule has 0 radical (unpaired) electrons. The third-order valence-corrected chi connectivity index (χ3v) is 6.35. The summed E-state index contributed by atoms with van der Waals surface area (Å²) in [5.74, 6) is 1.87. The van der Waals surface area contributed by atoms with E-state index in [4.69, 9.17) is 9.73 Å². The van der Waals surface area contributed by atoms with Gasteiger partial charge in [-0.25, -0.2) is 4.98 Å². The van der Waals surface area contributed by atoms with Gasteiger partial charge in [-0.15, -0.1) is 11.3 Å². The summed E-state index contributed by atoms with van der Waals surface area (Å²) in [6.45, 7) is 9.01. The number of aromatic nitrogens is 1. The maximum absolute atomic E-state index is 6.20. The van der Waals surface area contributed by atoms with Crippen molar-refractivity contribution in [3.8, 4) is 0 Å². The Morgan fingerprint density at radius 3 is 2.73 bits per heavy atom. The van der Waals surface area contributed by atoms with E-state index < -0.39 is 0 Å². The predicted octanol–water partition coefficient (Wildman–Crippen LogP) is 3.63. The van der Waals surface area contributed by atoms with Gasteiger partial charge in [-0.3, -0.25) is 4.99 Å². The molecule has 5 nitrogen and oxygen atoms in total. The van der Waals surface area contributed by atoms with Crippen molar-refractivity contribution in [1.29, 1.82) is 0 Å². The van der Waals surface area contributed by atoms with Crippen LogP contribution in [0, 0.1) is 12.8 Å². The Hall–Kier alpha value is -1.14. The lowest BCUT2D eigenvalue weighted by molar-refractivity contribution is 0.00102. The maximum Gasteiger partial charge on any atom is 0.193 e. The first-order valence-corrected chi connectivity index (χ1v) is 11.1. The molecule has 1 aromatic rings. The summed E-state index contributed by atoms with van der Waals surface area (Å²) in [5, 5.41) is 4.64. The van der Waals surface area contributed by atoms with Gasteiger partial charge in [0.05, 0.1) is 11.1 Å². The molecule has 2 heterocycles. The number of aryl methyl sites for hydroxylation is 1. The molecular weight excluding hydrogens is 344 g/mol. The molecule has 0 amide bonds. The lowest BCUT2D eigenvalue weighted by Gasteiger charge is -2.34. The van der Waals surface area contributed by atoms with E-state index in [1.807, 2.05) is 6.20 Å². The van der Waals surface area contributed by atoms with Crippen LogP contribution in [0.25, 0.3) is 0 Å². The van der Waals surface area contributed by atoms with E-state index in [1.54, 1.807) is 11.3 Å². The number of ether oxygens (including phenoxy) is 1. The van der Waals surface area contributed by atoms with Gasteiger partial charge in [0.25, 0.3) is 0 Å².